The third-order valence-electron chi connectivity index (χ3n) is 6.22. The summed E-state index contributed by atoms with van der Waals surface area (Å²) >= 11 is 0. The molecule has 0 bridgehead atoms. The summed E-state index contributed by atoms with van der Waals surface area (Å²) < 4.78 is 5.72. The van der Waals surface area contributed by atoms with Gasteiger partial charge in [-0.25, -0.2) is 4.79 Å². The highest BCUT2D eigenvalue weighted by molar-refractivity contribution is 5.84. The highest BCUT2D eigenvalue weighted by atomic mass is 16.5. The molecule has 1 aromatic carbocycles. The molecule has 1 atom stereocenters. The first kappa shape index (κ1) is 24.9. The van der Waals surface area contributed by atoms with Crippen molar-refractivity contribution in [3.63, 3.8) is 0 Å². The largest absolute Gasteiger partial charge is 0.376 e. The Bertz CT molecular complexity index is 978. The molecule has 2 aliphatic rings. The normalized spacial score (nSPS) is 18.4. The Kier molecular flexibility index (Phi) is 7.85. The summed E-state index contributed by atoms with van der Waals surface area (Å²) in [4.78, 5) is 31.6. The maximum absolute atomic E-state index is 13.1. The number of aromatic nitrogens is 2. The molecule has 9 heteroatoms. The van der Waals surface area contributed by atoms with Crippen LogP contribution in [0.4, 0.5) is 10.6 Å². The molecule has 2 aromatic rings. The van der Waals surface area contributed by atoms with Gasteiger partial charge in [-0.3, -0.25) is 4.79 Å². The first-order valence-corrected chi connectivity index (χ1v) is 12.4. The number of carbonyl (C=O) groups is 2. The van der Waals surface area contributed by atoms with E-state index in [-0.39, 0.29) is 30.1 Å². The zero-order chi connectivity index (χ0) is 24.8. The lowest BCUT2D eigenvalue weighted by Gasteiger charge is -2.37. The molecular weight excluding hydrogens is 444 g/mol. The van der Waals surface area contributed by atoms with Crippen molar-refractivity contribution >= 4 is 17.8 Å². The van der Waals surface area contributed by atoms with Crippen LogP contribution in [0, 0.1) is 0 Å². The van der Waals surface area contributed by atoms with Crippen molar-refractivity contribution in [1.29, 1.82) is 0 Å². The lowest BCUT2D eigenvalue weighted by molar-refractivity contribution is -0.132. The second-order valence-electron chi connectivity index (χ2n) is 10.2. The Labute approximate surface area is 207 Å². The van der Waals surface area contributed by atoms with Gasteiger partial charge in [0.1, 0.15) is 6.54 Å². The van der Waals surface area contributed by atoms with Crippen LogP contribution in [0.3, 0.4) is 0 Å². The molecule has 2 aliphatic heterocycles. The Morgan fingerprint density at radius 1 is 1.06 bits per heavy atom. The fraction of sp³-hybridized carbons (Fsp3) is 0.538. The monoisotopic (exact) mass is 480 g/mol. The quantitative estimate of drug-likeness (QED) is 0.684. The number of nitrogens with one attached hydrogen (secondary N) is 1. The van der Waals surface area contributed by atoms with Gasteiger partial charge in [0, 0.05) is 50.4 Å². The highest BCUT2D eigenvalue weighted by Crippen LogP contribution is 2.19. The van der Waals surface area contributed by atoms with Crippen molar-refractivity contribution in [2.45, 2.75) is 45.3 Å². The summed E-state index contributed by atoms with van der Waals surface area (Å²) in [7, 11) is 0. The van der Waals surface area contributed by atoms with E-state index in [1.165, 1.54) is 0 Å². The lowest BCUT2D eigenvalue weighted by atomic mass is 10.1. The van der Waals surface area contributed by atoms with E-state index in [1.54, 1.807) is 4.90 Å². The van der Waals surface area contributed by atoms with Crippen molar-refractivity contribution in [2.75, 3.05) is 50.8 Å². The molecule has 0 saturated carbocycles. The number of piperazine rings is 1. The molecule has 2 saturated heterocycles. The van der Waals surface area contributed by atoms with Crippen molar-refractivity contribution < 1.29 is 14.3 Å². The Morgan fingerprint density at radius 3 is 2.40 bits per heavy atom. The van der Waals surface area contributed by atoms with E-state index >= 15 is 0 Å². The molecule has 2 fully saturated rings. The van der Waals surface area contributed by atoms with E-state index in [0.717, 1.165) is 29.9 Å². The minimum absolute atomic E-state index is 0.0113. The minimum Gasteiger partial charge on any atom is -0.376 e. The predicted octanol–water partition coefficient (Wildman–Crippen LogP) is 2.78. The number of ether oxygens (including phenoxy) is 1. The van der Waals surface area contributed by atoms with Gasteiger partial charge < -0.3 is 24.8 Å². The molecule has 0 spiro atoms. The maximum Gasteiger partial charge on any atom is 0.318 e. The Hall–Kier alpha value is -3.20. The van der Waals surface area contributed by atoms with E-state index in [9.17, 15) is 9.59 Å². The van der Waals surface area contributed by atoms with Crippen LogP contribution in [0.5, 0.6) is 0 Å². The van der Waals surface area contributed by atoms with Gasteiger partial charge in [-0.05, 0) is 45.7 Å². The number of amides is 3. The van der Waals surface area contributed by atoms with Gasteiger partial charge in [0.05, 0.1) is 11.8 Å². The summed E-state index contributed by atoms with van der Waals surface area (Å²) in [6, 6.07) is 13.7. The fourth-order valence-electron chi connectivity index (χ4n) is 4.36. The molecule has 0 radical (unpaired) electrons. The molecule has 3 heterocycles. The molecule has 1 unspecified atom stereocenters. The van der Waals surface area contributed by atoms with E-state index in [4.69, 9.17) is 4.74 Å². The van der Waals surface area contributed by atoms with Crippen molar-refractivity contribution in [3.05, 3.63) is 42.5 Å². The minimum atomic E-state index is -0.377. The van der Waals surface area contributed by atoms with Crippen LogP contribution in [-0.4, -0.2) is 89.5 Å². The zero-order valence-electron chi connectivity index (χ0n) is 20.9. The van der Waals surface area contributed by atoms with Gasteiger partial charge in [-0.1, -0.05) is 30.3 Å². The first-order valence-electron chi connectivity index (χ1n) is 12.4. The number of urea groups is 1. The van der Waals surface area contributed by atoms with Crippen LogP contribution in [0.1, 0.15) is 33.6 Å². The smallest absolute Gasteiger partial charge is 0.318 e. The SMILES string of the molecule is CC(C)(C)NC(=O)N(CC(=O)N1CCN(c2ccc(-c3ccccc3)nn2)CC1)CC1CCCO1. The van der Waals surface area contributed by atoms with E-state index < -0.39 is 0 Å². The summed E-state index contributed by atoms with van der Waals surface area (Å²) in [5.74, 6) is 0.763. The van der Waals surface area contributed by atoms with E-state index in [0.29, 0.717) is 39.3 Å². The number of nitrogens with zero attached hydrogens (tertiary/aromatic N) is 5. The zero-order valence-corrected chi connectivity index (χ0v) is 20.9. The Morgan fingerprint density at radius 2 is 1.80 bits per heavy atom. The fourth-order valence-corrected chi connectivity index (χ4v) is 4.36. The van der Waals surface area contributed by atoms with Gasteiger partial charge in [-0.2, -0.15) is 0 Å². The van der Waals surface area contributed by atoms with Crippen molar-refractivity contribution in [2.24, 2.45) is 0 Å². The topological polar surface area (TPSA) is 90.9 Å². The second kappa shape index (κ2) is 11.0. The highest BCUT2D eigenvalue weighted by Gasteiger charge is 2.29. The van der Waals surface area contributed by atoms with E-state index in [2.05, 4.69) is 20.4 Å². The molecule has 9 nitrogen and oxygen atoms in total. The average molecular weight is 481 g/mol. The average Bonchev–Trinajstić information content (AvgIpc) is 3.36. The lowest BCUT2D eigenvalue weighted by Crippen LogP contribution is -2.55. The van der Waals surface area contributed by atoms with Gasteiger partial charge in [0.25, 0.3) is 0 Å². The second-order valence-corrected chi connectivity index (χ2v) is 10.2. The van der Waals surface area contributed by atoms with Gasteiger partial charge in [0.15, 0.2) is 5.82 Å². The molecular formula is C26H36N6O3. The number of anilines is 1. The third-order valence-corrected chi connectivity index (χ3v) is 6.22. The molecule has 1 aromatic heterocycles. The molecule has 35 heavy (non-hydrogen) atoms. The number of hydrogen-bond donors (Lipinski definition) is 1. The van der Waals surface area contributed by atoms with Crippen LogP contribution in [0.15, 0.2) is 42.5 Å². The summed E-state index contributed by atoms with van der Waals surface area (Å²) in [5.41, 5.74) is 1.49. The van der Waals surface area contributed by atoms with Crippen LogP contribution >= 0.6 is 0 Å². The third kappa shape index (κ3) is 6.91. The van der Waals surface area contributed by atoms with Crippen LogP contribution in [0.2, 0.25) is 0 Å². The predicted molar refractivity (Wildman–Crippen MR) is 135 cm³/mol. The number of hydrogen-bond acceptors (Lipinski definition) is 6. The van der Waals surface area contributed by atoms with E-state index in [1.807, 2.05) is 68.1 Å². The standard InChI is InChI=1S/C26H36N6O3/c1-26(2,3)27-25(34)32(18-21-10-7-17-35-21)19-24(33)31-15-13-30(14-16-31)23-12-11-22(28-29-23)20-8-5-4-6-9-20/h4-6,8-9,11-12,21H,7,10,13-19H2,1-3H3,(H,27,34). The van der Waals surface area contributed by atoms with Crippen LogP contribution in [0.25, 0.3) is 11.3 Å². The van der Waals surface area contributed by atoms with Crippen molar-refractivity contribution in [1.82, 2.24) is 25.3 Å². The summed E-state index contributed by atoms with van der Waals surface area (Å²) in [5, 5.41) is 11.8. The molecule has 3 amide bonds. The van der Waals surface area contributed by atoms with Crippen LogP contribution < -0.4 is 10.2 Å². The molecule has 1 N–H and O–H groups in total. The number of benzene rings is 1. The first-order chi connectivity index (χ1) is 16.8. The Balaban J connectivity index is 1.32. The molecule has 4 rings (SSSR count). The van der Waals surface area contributed by atoms with Gasteiger partial charge in [0.2, 0.25) is 5.91 Å². The molecule has 0 aliphatic carbocycles. The maximum atomic E-state index is 13.1. The summed E-state index contributed by atoms with van der Waals surface area (Å²) in [6.45, 7) is 9.50. The summed E-state index contributed by atoms with van der Waals surface area (Å²) in [6.07, 6.45) is 1.89. The number of rotatable bonds is 6. The van der Waals surface area contributed by atoms with Crippen LogP contribution in [-0.2, 0) is 9.53 Å². The van der Waals surface area contributed by atoms with Crippen molar-refractivity contribution in [3.8, 4) is 11.3 Å². The number of carbonyl (C=O) groups excluding carboxylic acids is 2. The van der Waals surface area contributed by atoms with Gasteiger partial charge in [-0.15, -0.1) is 10.2 Å². The van der Waals surface area contributed by atoms with Gasteiger partial charge >= 0.3 is 6.03 Å². The molecule has 188 valence electrons.